The number of hydrogen-bond donors (Lipinski definition) is 0. The number of ether oxygens (including phenoxy) is 3. The molecular weight excluding hydrogens is 242 g/mol. The van der Waals surface area contributed by atoms with Gasteiger partial charge in [-0.05, 0) is 19.8 Å². The fourth-order valence-electron chi connectivity index (χ4n) is 3.30. The zero-order chi connectivity index (χ0) is 13.7. The first-order valence-corrected chi connectivity index (χ1v) is 7.95. The van der Waals surface area contributed by atoms with Gasteiger partial charge in [0, 0.05) is 38.6 Å². The highest BCUT2D eigenvalue weighted by atomic mass is 16.7. The summed E-state index contributed by atoms with van der Waals surface area (Å²) in [6.07, 6.45) is 5.02. The molecule has 0 aromatic heterocycles. The minimum atomic E-state index is -0.208. The second-order valence-corrected chi connectivity index (χ2v) is 5.37. The largest absolute Gasteiger partial charge is 0.376 e. The molecule has 4 heteroatoms. The summed E-state index contributed by atoms with van der Waals surface area (Å²) in [6.45, 7) is 10.7. The van der Waals surface area contributed by atoms with E-state index in [1.54, 1.807) is 0 Å². The fraction of sp³-hybridized carbons (Fsp3) is 1.00. The van der Waals surface area contributed by atoms with Gasteiger partial charge in [-0.2, -0.15) is 0 Å². The molecule has 3 rings (SSSR count). The Morgan fingerprint density at radius 2 is 1.68 bits per heavy atom. The van der Waals surface area contributed by atoms with Gasteiger partial charge in [-0.15, -0.1) is 0 Å². The van der Waals surface area contributed by atoms with Crippen molar-refractivity contribution in [1.29, 1.82) is 0 Å². The summed E-state index contributed by atoms with van der Waals surface area (Å²) in [6, 6.07) is 0.727. The second-order valence-electron chi connectivity index (χ2n) is 5.37. The highest BCUT2D eigenvalue weighted by molar-refractivity contribution is 4.92. The Morgan fingerprint density at radius 1 is 1.11 bits per heavy atom. The second kappa shape index (κ2) is 7.02. The molecule has 3 fully saturated rings. The van der Waals surface area contributed by atoms with Gasteiger partial charge in [0.15, 0.2) is 5.79 Å². The van der Waals surface area contributed by atoms with Crippen LogP contribution in [0.25, 0.3) is 0 Å². The summed E-state index contributed by atoms with van der Waals surface area (Å²) in [5, 5.41) is 0. The van der Waals surface area contributed by atoms with Crippen molar-refractivity contribution in [3.05, 3.63) is 0 Å². The molecule has 1 saturated carbocycles. The van der Waals surface area contributed by atoms with Crippen LogP contribution in [0.2, 0.25) is 0 Å². The Morgan fingerprint density at radius 3 is 2.21 bits per heavy atom. The molecule has 0 atom stereocenters. The van der Waals surface area contributed by atoms with Crippen molar-refractivity contribution in [2.24, 2.45) is 0 Å². The van der Waals surface area contributed by atoms with E-state index in [1.807, 2.05) is 13.8 Å². The molecule has 0 amide bonds. The van der Waals surface area contributed by atoms with Crippen molar-refractivity contribution >= 4 is 0 Å². The zero-order valence-electron chi connectivity index (χ0n) is 12.7. The van der Waals surface area contributed by atoms with Crippen molar-refractivity contribution in [2.45, 2.75) is 64.4 Å². The van der Waals surface area contributed by atoms with Gasteiger partial charge >= 0.3 is 0 Å². The number of likely N-dealkylation sites (tertiary alicyclic amines) is 1. The van der Waals surface area contributed by atoms with E-state index < -0.39 is 0 Å². The molecule has 1 aliphatic carbocycles. The van der Waals surface area contributed by atoms with Crippen LogP contribution in [0, 0.1) is 0 Å². The Labute approximate surface area is 117 Å². The molecule has 19 heavy (non-hydrogen) atoms. The third-order valence-corrected chi connectivity index (χ3v) is 4.33. The van der Waals surface area contributed by atoms with E-state index in [4.69, 9.17) is 14.2 Å². The first-order chi connectivity index (χ1) is 9.31. The molecule has 2 aliphatic heterocycles. The Bertz CT molecular complexity index is 250. The average Bonchev–Trinajstić information content (AvgIpc) is 2.86. The van der Waals surface area contributed by atoms with Crippen LogP contribution in [0.3, 0.4) is 0 Å². The summed E-state index contributed by atoms with van der Waals surface area (Å²) in [5.74, 6) is -0.208. The van der Waals surface area contributed by atoms with Crippen LogP contribution in [-0.2, 0) is 14.2 Å². The molecule has 4 nitrogen and oxygen atoms in total. The Balaban J connectivity index is 0.000000637. The van der Waals surface area contributed by atoms with Crippen LogP contribution in [0.4, 0.5) is 0 Å². The third-order valence-electron chi connectivity index (χ3n) is 4.33. The van der Waals surface area contributed by atoms with E-state index in [0.717, 1.165) is 51.8 Å². The lowest BCUT2D eigenvalue weighted by atomic mass is 9.87. The Kier molecular flexibility index (Phi) is 5.63. The third kappa shape index (κ3) is 3.48. The van der Waals surface area contributed by atoms with Crippen molar-refractivity contribution in [3.63, 3.8) is 0 Å². The minimum absolute atomic E-state index is 0.208. The number of hydrogen-bond acceptors (Lipinski definition) is 4. The standard InChI is InChI=1S/C13H23NO3.C2H6/c1-2-15-12-9-14(10-12)11-3-5-13(6-4-11)16-7-8-17-13;1-2/h11-12H,2-10H2,1H3;1-2H3. The molecule has 0 aromatic carbocycles. The Hall–Kier alpha value is -0.160. The maximum Gasteiger partial charge on any atom is 0.168 e. The van der Waals surface area contributed by atoms with Crippen LogP contribution in [0.5, 0.6) is 0 Å². The molecule has 1 spiro atoms. The number of nitrogens with zero attached hydrogens (tertiary/aromatic N) is 1. The van der Waals surface area contributed by atoms with Gasteiger partial charge in [0.05, 0.1) is 19.3 Å². The predicted molar refractivity (Wildman–Crippen MR) is 75.2 cm³/mol. The highest BCUT2D eigenvalue weighted by Gasteiger charge is 2.43. The van der Waals surface area contributed by atoms with E-state index in [-0.39, 0.29) is 5.79 Å². The lowest BCUT2D eigenvalue weighted by Gasteiger charge is -2.47. The molecule has 0 unspecified atom stereocenters. The molecule has 0 N–H and O–H groups in total. The van der Waals surface area contributed by atoms with E-state index in [0.29, 0.717) is 6.10 Å². The molecule has 0 radical (unpaired) electrons. The van der Waals surface area contributed by atoms with Crippen molar-refractivity contribution in [2.75, 3.05) is 32.9 Å². The van der Waals surface area contributed by atoms with Gasteiger partial charge in [-0.1, -0.05) is 13.8 Å². The van der Waals surface area contributed by atoms with Gasteiger partial charge in [0.2, 0.25) is 0 Å². The molecule has 2 heterocycles. The number of rotatable bonds is 3. The maximum atomic E-state index is 5.76. The van der Waals surface area contributed by atoms with Crippen LogP contribution in [-0.4, -0.2) is 55.7 Å². The van der Waals surface area contributed by atoms with Crippen molar-refractivity contribution in [3.8, 4) is 0 Å². The smallest absolute Gasteiger partial charge is 0.168 e. The first kappa shape index (κ1) is 15.2. The molecule has 112 valence electrons. The van der Waals surface area contributed by atoms with E-state index in [9.17, 15) is 0 Å². The summed E-state index contributed by atoms with van der Waals surface area (Å²) in [5.41, 5.74) is 0. The predicted octanol–water partition coefficient (Wildman–Crippen LogP) is 2.42. The van der Waals surface area contributed by atoms with E-state index in [1.165, 1.54) is 12.8 Å². The van der Waals surface area contributed by atoms with Gasteiger partial charge in [-0.3, -0.25) is 4.90 Å². The van der Waals surface area contributed by atoms with Crippen molar-refractivity contribution < 1.29 is 14.2 Å². The maximum absolute atomic E-state index is 5.76. The molecule has 0 aromatic rings. The molecule has 2 saturated heterocycles. The topological polar surface area (TPSA) is 30.9 Å². The van der Waals surface area contributed by atoms with E-state index in [2.05, 4.69) is 11.8 Å². The van der Waals surface area contributed by atoms with Gasteiger partial charge in [0.1, 0.15) is 0 Å². The average molecular weight is 271 g/mol. The quantitative estimate of drug-likeness (QED) is 0.789. The summed E-state index contributed by atoms with van der Waals surface area (Å²) >= 11 is 0. The SMILES string of the molecule is CC.CCOC1CN(C2CCC3(CC2)OCCO3)C1. The lowest BCUT2D eigenvalue weighted by Crippen LogP contribution is -2.58. The minimum Gasteiger partial charge on any atom is -0.376 e. The van der Waals surface area contributed by atoms with Gasteiger partial charge < -0.3 is 14.2 Å². The van der Waals surface area contributed by atoms with Crippen LogP contribution < -0.4 is 0 Å². The summed E-state index contributed by atoms with van der Waals surface area (Å²) in [7, 11) is 0. The highest BCUT2D eigenvalue weighted by Crippen LogP contribution is 2.38. The lowest BCUT2D eigenvalue weighted by molar-refractivity contribution is -0.189. The summed E-state index contributed by atoms with van der Waals surface area (Å²) < 4.78 is 17.1. The van der Waals surface area contributed by atoms with Crippen LogP contribution in [0.1, 0.15) is 46.5 Å². The normalized spacial score (nSPS) is 27.9. The molecule has 0 bridgehead atoms. The van der Waals surface area contributed by atoms with Crippen LogP contribution in [0.15, 0.2) is 0 Å². The molecule has 3 aliphatic rings. The van der Waals surface area contributed by atoms with Gasteiger partial charge in [0.25, 0.3) is 0 Å². The zero-order valence-corrected chi connectivity index (χ0v) is 12.7. The van der Waals surface area contributed by atoms with Crippen LogP contribution >= 0.6 is 0 Å². The summed E-state index contributed by atoms with van der Waals surface area (Å²) in [4.78, 5) is 2.56. The fourth-order valence-corrected chi connectivity index (χ4v) is 3.30. The molecular formula is C15H29NO3. The van der Waals surface area contributed by atoms with Crippen molar-refractivity contribution in [1.82, 2.24) is 4.90 Å². The first-order valence-electron chi connectivity index (χ1n) is 7.95. The van der Waals surface area contributed by atoms with E-state index >= 15 is 0 Å². The monoisotopic (exact) mass is 271 g/mol. The van der Waals surface area contributed by atoms with Gasteiger partial charge in [-0.25, -0.2) is 0 Å².